The van der Waals surface area contributed by atoms with Crippen molar-refractivity contribution >= 4 is 34.7 Å². The van der Waals surface area contributed by atoms with Crippen molar-refractivity contribution in [3.63, 3.8) is 0 Å². The van der Waals surface area contributed by atoms with Gasteiger partial charge in [-0.2, -0.15) is 0 Å². The molecule has 1 aliphatic rings. The molecule has 4 rings (SSSR count). The first kappa shape index (κ1) is 23.5. The fraction of sp³-hybridized carbons (Fsp3) is 0.222. The third kappa shape index (κ3) is 4.17. The molecule has 34 heavy (non-hydrogen) atoms. The largest absolute Gasteiger partial charge is 0.507 e. The summed E-state index contributed by atoms with van der Waals surface area (Å²) in [6.45, 7) is 6.15. The summed E-state index contributed by atoms with van der Waals surface area (Å²) in [7, 11) is 1.49. The van der Waals surface area contributed by atoms with Crippen LogP contribution >= 0.6 is 11.6 Å². The predicted molar refractivity (Wildman–Crippen MR) is 132 cm³/mol. The molecule has 3 aromatic rings. The normalized spacial score (nSPS) is 17.8. The molecular weight excluding hydrogens is 452 g/mol. The van der Waals surface area contributed by atoms with E-state index in [0.717, 1.165) is 5.56 Å². The van der Waals surface area contributed by atoms with Crippen molar-refractivity contribution < 1.29 is 19.4 Å². The molecule has 1 N–H and O–H groups in total. The predicted octanol–water partition coefficient (Wildman–Crippen LogP) is 5.67. The molecule has 1 aromatic heterocycles. The molecule has 1 atom stereocenters. The van der Waals surface area contributed by atoms with Gasteiger partial charge in [-0.25, -0.2) is 0 Å². The SMILES string of the molecule is COc1ccc(C(C)(C)C)cc1/C(O)=C1\C(=O)C(=O)N(c2cccc(Cl)c2)C1c1ccncc1. The quantitative estimate of drug-likeness (QED) is 0.298. The molecular formula is C27H25ClN2O4. The maximum atomic E-state index is 13.4. The second kappa shape index (κ2) is 8.95. The van der Waals surface area contributed by atoms with E-state index in [1.54, 1.807) is 60.9 Å². The Morgan fingerprint density at radius 3 is 2.38 bits per heavy atom. The number of nitrogens with zero attached hydrogens (tertiary/aromatic N) is 2. The number of hydrogen-bond donors (Lipinski definition) is 1. The van der Waals surface area contributed by atoms with Crippen LogP contribution in [0.5, 0.6) is 5.75 Å². The molecule has 1 fully saturated rings. The number of Topliss-reactive ketones (excluding diaryl/α,β-unsaturated/α-hetero) is 1. The highest BCUT2D eigenvalue weighted by atomic mass is 35.5. The Balaban J connectivity index is 1.99. The number of ether oxygens (including phenoxy) is 1. The Kier molecular flexibility index (Phi) is 6.19. The van der Waals surface area contributed by atoms with Crippen LogP contribution in [0.15, 0.2) is 72.6 Å². The number of anilines is 1. The monoisotopic (exact) mass is 476 g/mol. The first-order chi connectivity index (χ1) is 16.1. The molecule has 2 aromatic carbocycles. The average Bonchev–Trinajstić information content (AvgIpc) is 3.08. The number of halogens is 1. The number of amides is 1. The number of carbonyl (C=O) groups excluding carboxylic acids is 2. The number of hydrogen-bond acceptors (Lipinski definition) is 5. The molecule has 0 bridgehead atoms. The van der Waals surface area contributed by atoms with Gasteiger partial charge in [0.15, 0.2) is 0 Å². The van der Waals surface area contributed by atoms with Crippen LogP contribution in [-0.4, -0.2) is 28.9 Å². The van der Waals surface area contributed by atoms with Gasteiger partial charge in [-0.1, -0.05) is 44.5 Å². The van der Waals surface area contributed by atoms with Crippen LogP contribution in [0.3, 0.4) is 0 Å². The molecule has 2 heterocycles. The summed E-state index contributed by atoms with van der Waals surface area (Å²) in [5, 5.41) is 11.9. The zero-order chi connectivity index (χ0) is 24.6. The van der Waals surface area contributed by atoms with Gasteiger partial charge < -0.3 is 9.84 Å². The summed E-state index contributed by atoms with van der Waals surface area (Å²) in [4.78, 5) is 32.0. The van der Waals surface area contributed by atoms with Crippen molar-refractivity contribution in [3.8, 4) is 5.75 Å². The zero-order valence-electron chi connectivity index (χ0n) is 19.4. The van der Waals surface area contributed by atoms with Gasteiger partial charge in [0.2, 0.25) is 0 Å². The summed E-state index contributed by atoms with van der Waals surface area (Å²) in [6.07, 6.45) is 3.16. The molecule has 1 amide bonds. The molecule has 0 spiro atoms. The minimum absolute atomic E-state index is 0.0273. The van der Waals surface area contributed by atoms with Crippen molar-refractivity contribution in [2.45, 2.75) is 32.2 Å². The second-order valence-corrected chi connectivity index (χ2v) is 9.53. The van der Waals surface area contributed by atoms with E-state index >= 15 is 0 Å². The minimum Gasteiger partial charge on any atom is -0.507 e. The van der Waals surface area contributed by atoms with E-state index in [4.69, 9.17) is 16.3 Å². The molecule has 6 nitrogen and oxygen atoms in total. The average molecular weight is 477 g/mol. The van der Waals surface area contributed by atoms with E-state index in [-0.39, 0.29) is 16.7 Å². The lowest BCUT2D eigenvalue weighted by Gasteiger charge is -2.26. The Labute approximate surface area is 203 Å². The summed E-state index contributed by atoms with van der Waals surface area (Å²) in [5.74, 6) is -1.44. The summed E-state index contributed by atoms with van der Waals surface area (Å²) < 4.78 is 5.49. The van der Waals surface area contributed by atoms with Gasteiger partial charge >= 0.3 is 0 Å². The lowest BCUT2D eigenvalue weighted by Crippen LogP contribution is -2.29. The topological polar surface area (TPSA) is 79.7 Å². The van der Waals surface area contributed by atoms with E-state index in [1.807, 2.05) is 26.8 Å². The zero-order valence-corrected chi connectivity index (χ0v) is 20.1. The maximum Gasteiger partial charge on any atom is 0.300 e. The summed E-state index contributed by atoms with van der Waals surface area (Å²) in [6, 6.07) is 14.7. The highest BCUT2D eigenvalue weighted by Crippen LogP contribution is 2.44. The van der Waals surface area contributed by atoms with Crippen molar-refractivity contribution in [2.24, 2.45) is 0 Å². The van der Waals surface area contributed by atoms with Crippen molar-refractivity contribution in [3.05, 3.63) is 94.3 Å². The Bertz CT molecular complexity index is 1300. The number of aliphatic hydroxyl groups is 1. The van der Waals surface area contributed by atoms with Crippen LogP contribution in [0.25, 0.3) is 5.76 Å². The van der Waals surface area contributed by atoms with Crippen LogP contribution in [-0.2, 0) is 15.0 Å². The van der Waals surface area contributed by atoms with Gasteiger partial charge in [0, 0.05) is 23.1 Å². The Morgan fingerprint density at radius 2 is 1.76 bits per heavy atom. The van der Waals surface area contributed by atoms with Crippen LogP contribution in [0.1, 0.15) is 43.5 Å². The van der Waals surface area contributed by atoms with Gasteiger partial charge in [-0.15, -0.1) is 0 Å². The van der Waals surface area contributed by atoms with Gasteiger partial charge in [0.1, 0.15) is 11.5 Å². The van der Waals surface area contributed by atoms with Crippen molar-refractivity contribution in [1.29, 1.82) is 0 Å². The van der Waals surface area contributed by atoms with Crippen LogP contribution in [0.4, 0.5) is 5.69 Å². The van der Waals surface area contributed by atoms with Gasteiger partial charge in [-0.3, -0.25) is 19.5 Å². The number of pyridine rings is 1. The summed E-state index contributed by atoms with van der Waals surface area (Å²) >= 11 is 6.18. The number of aromatic nitrogens is 1. The molecule has 1 saturated heterocycles. The highest BCUT2D eigenvalue weighted by Gasteiger charge is 2.47. The standard InChI is InChI=1S/C27H25ClN2O4/c1-27(2,3)17-8-9-21(34-4)20(14-17)24(31)22-23(16-10-12-29-13-11-16)30(26(33)25(22)32)19-7-5-6-18(28)15-19/h5-15,23,31H,1-4H3/b24-22+. The third-order valence-electron chi connectivity index (χ3n) is 5.87. The van der Waals surface area contributed by atoms with E-state index in [1.165, 1.54) is 12.0 Å². The smallest absolute Gasteiger partial charge is 0.300 e. The van der Waals surface area contributed by atoms with Crippen LogP contribution in [0, 0.1) is 0 Å². The van der Waals surface area contributed by atoms with E-state index in [0.29, 0.717) is 27.6 Å². The first-order valence-electron chi connectivity index (χ1n) is 10.8. The number of methoxy groups -OCH3 is 1. The third-order valence-corrected chi connectivity index (χ3v) is 6.11. The highest BCUT2D eigenvalue weighted by molar-refractivity contribution is 6.51. The fourth-order valence-corrected chi connectivity index (χ4v) is 4.28. The van der Waals surface area contributed by atoms with Crippen LogP contribution in [0.2, 0.25) is 5.02 Å². The van der Waals surface area contributed by atoms with Gasteiger partial charge in [-0.05, 0) is 59.0 Å². The lowest BCUT2D eigenvalue weighted by atomic mass is 9.85. The van der Waals surface area contributed by atoms with Crippen LogP contribution < -0.4 is 9.64 Å². The molecule has 1 unspecified atom stereocenters. The Morgan fingerprint density at radius 1 is 1.06 bits per heavy atom. The number of benzene rings is 2. The molecule has 1 aliphatic heterocycles. The van der Waals surface area contributed by atoms with E-state index in [2.05, 4.69) is 4.98 Å². The van der Waals surface area contributed by atoms with Crippen molar-refractivity contribution in [1.82, 2.24) is 4.98 Å². The fourth-order valence-electron chi connectivity index (χ4n) is 4.09. The lowest BCUT2D eigenvalue weighted by molar-refractivity contribution is -0.132. The molecule has 174 valence electrons. The second-order valence-electron chi connectivity index (χ2n) is 9.09. The van der Waals surface area contributed by atoms with Gasteiger partial charge in [0.05, 0.1) is 24.3 Å². The molecule has 0 saturated carbocycles. The number of rotatable bonds is 4. The van der Waals surface area contributed by atoms with E-state index < -0.39 is 17.7 Å². The number of aliphatic hydroxyl groups excluding tert-OH is 1. The number of ketones is 1. The molecule has 7 heteroatoms. The Hall–Kier alpha value is -3.64. The summed E-state index contributed by atoms with van der Waals surface area (Å²) in [5.41, 5.74) is 2.13. The minimum atomic E-state index is -0.871. The van der Waals surface area contributed by atoms with Gasteiger partial charge in [0.25, 0.3) is 11.7 Å². The first-order valence-corrected chi connectivity index (χ1v) is 11.2. The molecule has 0 radical (unpaired) electrons. The number of carbonyl (C=O) groups is 2. The van der Waals surface area contributed by atoms with Crippen molar-refractivity contribution in [2.75, 3.05) is 12.0 Å². The maximum absolute atomic E-state index is 13.4. The molecule has 0 aliphatic carbocycles. The van der Waals surface area contributed by atoms with E-state index in [9.17, 15) is 14.7 Å².